The topological polar surface area (TPSA) is 55.1 Å². The second-order valence-corrected chi connectivity index (χ2v) is 3.80. The molecule has 0 fully saturated rings. The van der Waals surface area contributed by atoms with Crippen LogP contribution in [-0.4, -0.2) is 13.0 Å². The first-order valence-corrected chi connectivity index (χ1v) is 5.08. The fraction of sp³-hybridized carbons (Fsp3) is 0.417. The molecule has 0 spiro atoms. The molecule has 0 saturated heterocycles. The Balaban J connectivity index is 3.01. The Kier molecular flexibility index (Phi) is 3.86. The Morgan fingerprint density at radius 2 is 2.13 bits per heavy atom. The van der Waals surface area contributed by atoms with E-state index in [9.17, 15) is 4.79 Å². The first-order valence-electron chi connectivity index (χ1n) is 5.08. The minimum absolute atomic E-state index is 0.0161. The van der Waals surface area contributed by atoms with Crippen molar-refractivity contribution in [3.8, 4) is 0 Å². The van der Waals surface area contributed by atoms with Gasteiger partial charge in [-0.15, -0.1) is 0 Å². The van der Waals surface area contributed by atoms with E-state index in [1.165, 1.54) is 11.1 Å². The number of nitrogens with two attached hydrogens (primary N) is 1. The van der Waals surface area contributed by atoms with Crippen LogP contribution >= 0.6 is 0 Å². The highest BCUT2D eigenvalue weighted by molar-refractivity contribution is 5.74. The van der Waals surface area contributed by atoms with E-state index in [4.69, 9.17) is 5.73 Å². The van der Waals surface area contributed by atoms with E-state index < -0.39 is 0 Å². The molecule has 0 aliphatic heterocycles. The summed E-state index contributed by atoms with van der Waals surface area (Å²) in [6.45, 7) is 4.13. The van der Waals surface area contributed by atoms with Gasteiger partial charge in [-0.3, -0.25) is 4.79 Å². The first kappa shape index (κ1) is 11.7. The maximum absolute atomic E-state index is 10.9. The van der Waals surface area contributed by atoms with Crippen molar-refractivity contribution in [3.05, 3.63) is 34.9 Å². The van der Waals surface area contributed by atoms with Crippen molar-refractivity contribution in [1.29, 1.82) is 0 Å². The van der Waals surface area contributed by atoms with Crippen LogP contribution in [0.25, 0.3) is 0 Å². The number of aryl methyl sites for hydroxylation is 1. The Labute approximate surface area is 90.7 Å². The summed E-state index contributed by atoms with van der Waals surface area (Å²) < 4.78 is 0. The van der Waals surface area contributed by atoms with Gasteiger partial charge in [0, 0.05) is 12.5 Å². The lowest BCUT2D eigenvalue weighted by Crippen LogP contribution is -2.24. The van der Waals surface area contributed by atoms with Gasteiger partial charge >= 0.3 is 0 Å². The minimum atomic E-state index is -0.282. The second kappa shape index (κ2) is 4.94. The number of amides is 1. The molecule has 0 saturated carbocycles. The molecule has 3 nitrogen and oxygen atoms in total. The molecule has 1 rings (SSSR count). The van der Waals surface area contributed by atoms with Gasteiger partial charge in [0.25, 0.3) is 0 Å². The van der Waals surface area contributed by atoms with Gasteiger partial charge in [-0.05, 0) is 37.6 Å². The van der Waals surface area contributed by atoms with Crippen molar-refractivity contribution in [2.24, 2.45) is 5.73 Å². The molecule has 0 heterocycles. The molecule has 15 heavy (non-hydrogen) atoms. The fourth-order valence-electron chi connectivity index (χ4n) is 1.72. The molecule has 1 atom stereocenters. The molecule has 1 amide bonds. The lowest BCUT2D eigenvalue weighted by atomic mass is 9.95. The van der Waals surface area contributed by atoms with Gasteiger partial charge < -0.3 is 11.1 Å². The molecule has 0 aromatic heterocycles. The van der Waals surface area contributed by atoms with Crippen LogP contribution in [-0.2, 0) is 4.79 Å². The van der Waals surface area contributed by atoms with Gasteiger partial charge in [0.15, 0.2) is 0 Å². The predicted octanol–water partition coefficient (Wildman–Crippen LogP) is 1.44. The number of primary amides is 1. The molecule has 82 valence electrons. The van der Waals surface area contributed by atoms with Gasteiger partial charge in [-0.2, -0.15) is 0 Å². The highest BCUT2D eigenvalue weighted by Gasteiger charge is 2.14. The van der Waals surface area contributed by atoms with Crippen LogP contribution in [0.5, 0.6) is 0 Å². The van der Waals surface area contributed by atoms with Crippen LogP contribution in [0.2, 0.25) is 0 Å². The Hall–Kier alpha value is -1.35. The van der Waals surface area contributed by atoms with Crippen LogP contribution in [0.15, 0.2) is 18.2 Å². The van der Waals surface area contributed by atoms with E-state index in [2.05, 4.69) is 25.2 Å². The number of carbonyl (C=O) groups is 1. The van der Waals surface area contributed by atoms with Gasteiger partial charge in [-0.25, -0.2) is 0 Å². The van der Waals surface area contributed by atoms with E-state index in [0.717, 1.165) is 5.56 Å². The highest BCUT2D eigenvalue weighted by Crippen LogP contribution is 2.22. The average Bonchev–Trinajstić information content (AvgIpc) is 2.19. The molecule has 0 aliphatic rings. The minimum Gasteiger partial charge on any atom is -0.370 e. The van der Waals surface area contributed by atoms with Crippen molar-refractivity contribution in [2.75, 3.05) is 7.05 Å². The summed E-state index contributed by atoms with van der Waals surface area (Å²) in [4.78, 5) is 10.9. The predicted molar refractivity (Wildman–Crippen MR) is 61.5 cm³/mol. The molecule has 0 radical (unpaired) electrons. The number of hydrogen-bond acceptors (Lipinski definition) is 2. The average molecular weight is 206 g/mol. The molecular weight excluding hydrogens is 188 g/mol. The summed E-state index contributed by atoms with van der Waals surface area (Å²) in [5, 5.41) is 3.12. The highest BCUT2D eigenvalue weighted by atomic mass is 16.1. The summed E-state index contributed by atoms with van der Waals surface area (Å²) in [7, 11) is 1.84. The number of nitrogens with one attached hydrogen (secondary N) is 1. The first-order chi connectivity index (χ1) is 7.06. The molecular formula is C12H18N2O. The van der Waals surface area contributed by atoms with E-state index in [-0.39, 0.29) is 11.9 Å². The summed E-state index contributed by atoms with van der Waals surface area (Å²) in [6.07, 6.45) is 0.334. The Morgan fingerprint density at radius 3 is 2.67 bits per heavy atom. The summed E-state index contributed by atoms with van der Waals surface area (Å²) in [5.41, 5.74) is 8.82. The number of rotatable bonds is 4. The van der Waals surface area contributed by atoms with E-state index in [0.29, 0.717) is 6.42 Å². The second-order valence-electron chi connectivity index (χ2n) is 3.80. The van der Waals surface area contributed by atoms with Crippen molar-refractivity contribution in [3.63, 3.8) is 0 Å². The van der Waals surface area contributed by atoms with Crippen LogP contribution in [0.1, 0.15) is 29.2 Å². The zero-order valence-corrected chi connectivity index (χ0v) is 9.50. The SMILES string of the molecule is CNC(CC(N)=O)c1cccc(C)c1C. The van der Waals surface area contributed by atoms with Gasteiger partial charge in [0.1, 0.15) is 0 Å². The number of carbonyl (C=O) groups excluding carboxylic acids is 1. The number of benzene rings is 1. The third kappa shape index (κ3) is 2.80. The summed E-state index contributed by atoms with van der Waals surface area (Å²) >= 11 is 0. The molecule has 3 N–H and O–H groups in total. The number of hydrogen-bond donors (Lipinski definition) is 2. The lowest BCUT2D eigenvalue weighted by Gasteiger charge is -2.18. The van der Waals surface area contributed by atoms with E-state index in [1.54, 1.807) is 0 Å². The van der Waals surface area contributed by atoms with Crippen LogP contribution < -0.4 is 11.1 Å². The normalized spacial score (nSPS) is 12.5. The van der Waals surface area contributed by atoms with Gasteiger partial charge in [0.05, 0.1) is 0 Å². The van der Waals surface area contributed by atoms with E-state index in [1.807, 2.05) is 19.2 Å². The molecule has 1 aromatic carbocycles. The van der Waals surface area contributed by atoms with Gasteiger partial charge in [-0.1, -0.05) is 18.2 Å². The quantitative estimate of drug-likeness (QED) is 0.783. The third-order valence-corrected chi connectivity index (χ3v) is 2.78. The molecule has 3 heteroatoms. The molecule has 1 unspecified atom stereocenters. The van der Waals surface area contributed by atoms with Crippen molar-refractivity contribution < 1.29 is 4.79 Å². The smallest absolute Gasteiger partial charge is 0.219 e. The maximum Gasteiger partial charge on any atom is 0.219 e. The summed E-state index contributed by atoms with van der Waals surface area (Å²) in [5.74, 6) is -0.282. The molecule has 1 aromatic rings. The zero-order valence-electron chi connectivity index (χ0n) is 9.50. The Bertz CT molecular complexity index is 361. The monoisotopic (exact) mass is 206 g/mol. The largest absolute Gasteiger partial charge is 0.370 e. The maximum atomic E-state index is 10.9. The standard InChI is InChI=1S/C12H18N2O/c1-8-5-4-6-10(9(8)2)11(14-3)7-12(13)15/h4-6,11,14H,7H2,1-3H3,(H2,13,15). The van der Waals surface area contributed by atoms with E-state index >= 15 is 0 Å². The Morgan fingerprint density at radius 1 is 1.47 bits per heavy atom. The fourth-order valence-corrected chi connectivity index (χ4v) is 1.72. The summed E-state index contributed by atoms with van der Waals surface area (Å²) in [6, 6.07) is 6.12. The van der Waals surface area contributed by atoms with Crippen molar-refractivity contribution in [1.82, 2.24) is 5.32 Å². The van der Waals surface area contributed by atoms with Crippen LogP contribution in [0.4, 0.5) is 0 Å². The molecule has 0 aliphatic carbocycles. The lowest BCUT2D eigenvalue weighted by molar-refractivity contribution is -0.118. The van der Waals surface area contributed by atoms with Crippen LogP contribution in [0.3, 0.4) is 0 Å². The molecule has 0 bridgehead atoms. The van der Waals surface area contributed by atoms with Gasteiger partial charge in [0.2, 0.25) is 5.91 Å². The third-order valence-electron chi connectivity index (χ3n) is 2.78. The van der Waals surface area contributed by atoms with Crippen molar-refractivity contribution in [2.45, 2.75) is 26.3 Å². The zero-order chi connectivity index (χ0) is 11.4. The van der Waals surface area contributed by atoms with Crippen LogP contribution in [0, 0.1) is 13.8 Å². The van der Waals surface area contributed by atoms with Crippen molar-refractivity contribution >= 4 is 5.91 Å².